The van der Waals surface area contributed by atoms with Gasteiger partial charge in [-0.15, -0.1) is 13.2 Å². The number of para-hydroxylation sites is 2. The summed E-state index contributed by atoms with van der Waals surface area (Å²) in [5.41, 5.74) is 1.17. The lowest BCUT2D eigenvalue weighted by atomic mass is 10.2. The first kappa shape index (κ1) is 18.0. The van der Waals surface area contributed by atoms with Crippen molar-refractivity contribution < 1.29 is 4.74 Å². The molecule has 0 spiro atoms. The first-order valence-corrected chi connectivity index (χ1v) is 7.34. The lowest BCUT2D eigenvalue weighted by molar-refractivity contribution is 0.482. The first-order chi connectivity index (χ1) is 11.4. The van der Waals surface area contributed by atoms with Gasteiger partial charge in [0.25, 0.3) is 0 Å². The van der Waals surface area contributed by atoms with Gasteiger partial charge in [-0.05, 0) is 29.8 Å². The number of benzene rings is 3. The summed E-state index contributed by atoms with van der Waals surface area (Å²) in [6.07, 6.45) is 1.83. The Hall–Kier alpha value is -3.06. The van der Waals surface area contributed by atoms with E-state index in [0.717, 1.165) is 11.5 Å². The van der Waals surface area contributed by atoms with Gasteiger partial charge >= 0.3 is 0 Å². The lowest BCUT2D eigenvalue weighted by Gasteiger charge is -2.03. The fourth-order valence-electron chi connectivity index (χ4n) is 1.70. The van der Waals surface area contributed by atoms with E-state index in [2.05, 4.69) is 19.7 Å². The Bertz CT molecular complexity index is 608. The van der Waals surface area contributed by atoms with Gasteiger partial charge in [-0.25, -0.2) is 0 Å². The quantitative estimate of drug-likeness (QED) is 0.494. The Balaban J connectivity index is 0.000000228. The Morgan fingerprint density at radius 2 is 0.913 bits per heavy atom. The molecule has 3 aromatic rings. The summed E-state index contributed by atoms with van der Waals surface area (Å²) in [5.74, 6) is 1.74. The predicted octanol–water partition coefficient (Wildman–Crippen LogP) is 6.61. The van der Waals surface area contributed by atoms with Crippen LogP contribution in [0.2, 0.25) is 0 Å². The van der Waals surface area contributed by atoms with E-state index in [1.807, 2.05) is 97.1 Å². The van der Waals surface area contributed by atoms with Gasteiger partial charge < -0.3 is 4.74 Å². The predicted molar refractivity (Wildman–Crippen MR) is 101 cm³/mol. The maximum absolute atomic E-state index is 5.58. The molecule has 0 aliphatic carbocycles. The van der Waals surface area contributed by atoms with Crippen LogP contribution >= 0.6 is 0 Å². The highest BCUT2D eigenvalue weighted by Crippen LogP contribution is 2.19. The second kappa shape index (κ2) is 11.6. The van der Waals surface area contributed by atoms with Gasteiger partial charge in [-0.2, -0.15) is 0 Å². The van der Waals surface area contributed by atoms with Crippen molar-refractivity contribution in [1.82, 2.24) is 0 Å². The molecule has 23 heavy (non-hydrogen) atoms. The van der Waals surface area contributed by atoms with Gasteiger partial charge in [-0.3, -0.25) is 0 Å². The van der Waals surface area contributed by atoms with Gasteiger partial charge in [0.1, 0.15) is 11.5 Å². The first-order valence-electron chi connectivity index (χ1n) is 7.34. The molecule has 0 amide bonds. The van der Waals surface area contributed by atoms with E-state index < -0.39 is 0 Å². The zero-order valence-corrected chi connectivity index (χ0v) is 13.3. The zero-order chi connectivity index (χ0) is 16.8. The molecule has 0 fully saturated rings. The molecule has 0 atom stereocenters. The summed E-state index contributed by atoms with van der Waals surface area (Å²) in [4.78, 5) is 0. The summed E-state index contributed by atoms with van der Waals surface area (Å²) in [6.45, 7) is 9.63. The van der Waals surface area contributed by atoms with E-state index in [1.54, 1.807) is 0 Å². The average molecular weight is 302 g/mol. The van der Waals surface area contributed by atoms with E-state index in [-0.39, 0.29) is 0 Å². The van der Waals surface area contributed by atoms with Crippen molar-refractivity contribution in [2.24, 2.45) is 0 Å². The summed E-state index contributed by atoms with van der Waals surface area (Å²) < 4.78 is 5.58. The molecule has 0 heterocycles. The van der Waals surface area contributed by atoms with Crippen molar-refractivity contribution in [3.8, 4) is 11.5 Å². The van der Waals surface area contributed by atoms with Crippen LogP contribution in [0.5, 0.6) is 11.5 Å². The van der Waals surface area contributed by atoms with Crippen molar-refractivity contribution in [3.63, 3.8) is 0 Å². The fourth-order valence-corrected chi connectivity index (χ4v) is 1.70. The normalized spacial score (nSPS) is 8.52. The highest BCUT2D eigenvalue weighted by Gasteiger charge is 1.92. The van der Waals surface area contributed by atoms with Crippen molar-refractivity contribution >= 4 is 6.08 Å². The third kappa shape index (κ3) is 7.49. The van der Waals surface area contributed by atoms with Crippen LogP contribution in [0.1, 0.15) is 5.56 Å². The van der Waals surface area contributed by atoms with Crippen LogP contribution in [0, 0.1) is 0 Å². The molecular formula is C22H22O. The molecule has 1 heteroatoms. The number of hydrogen-bond donors (Lipinski definition) is 0. The molecule has 3 aromatic carbocycles. The van der Waals surface area contributed by atoms with Crippen LogP contribution in [0.15, 0.2) is 111 Å². The van der Waals surface area contributed by atoms with Crippen LogP contribution in [0.3, 0.4) is 0 Å². The van der Waals surface area contributed by atoms with Crippen LogP contribution < -0.4 is 4.74 Å². The molecule has 0 aliphatic heterocycles. The molecule has 0 aromatic heterocycles. The smallest absolute Gasteiger partial charge is 0.127 e. The van der Waals surface area contributed by atoms with Crippen LogP contribution in [0.25, 0.3) is 6.08 Å². The Kier molecular flexibility index (Phi) is 9.06. The fraction of sp³-hybridized carbons (Fsp3) is 0. The highest BCUT2D eigenvalue weighted by atomic mass is 16.5. The molecule has 0 N–H and O–H groups in total. The second-order valence-corrected chi connectivity index (χ2v) is 4.34. The van der Waals surface area contributed by atoms with E-state index in [4.69, 9.17) is 4.74 Å². The van der Waals surface area contributed by atoms with Gasteiger partial charge in [0.15, 0.2) is 0 Å². The maximum Gasteiger partial charge on any atom is 0.127 e. The largest absolute Gasteiger partial charge is 0.457 e. The van der Waals surface area contributed by atoms with Crippen LogP contribution in [-0.2, 0) is 0 Å². The zero-order valence-electron chi connectivity index (χ0n) is 13.3. The molecule has 0 radical (unpaired) electrons. The minimum absolute atomic E-state index is 0.869. The van der Waals surface area contributed by atoms with Crippen molar-refractivity contribution in [2.45, 2.75) is 0 Å². The monoisotopic (exact) mass is 302 g/mol. The summed E-state index contributed by atoms with van der Waals surface area (Å²) in [6, 6.07) is 29.5. The minimum Gasteiger partial charge on any atom is -0.457 e. The molecule has 0 saturated carbocycles. The van der Waals surface area contributed by atoms with E-state index in [1.165, 1.54) is 5.56 Å². The van der Waals surface area contributed by atoms with Crippen molar-refractivity contribution in [2.75, 3.05) is 0 Å². The minimum atomic E-state index is 0.869. The van der Waals surface area contributed by atoms with Gasteiger partial charge in [0.05, 0.1) is 0 Å². The van der Waals surface area contributed by atoms with E-state index in [0.29, 0.717) is 0 Å². The topological polar surface area (TPSA) is 9.23 Å². The molecule has 0 bridgehead atoms. The molecule has 3 rings (SSSR count). The van der Waals surface area contributed by atoms with Gasteiger partial charge in [-0.1, -0.05) is 79.4 Å². The number of rotatable bonds is 3. The molecule has 1 nitrogen and oxygen atoms in total. The van der Waals surface area contributed by atoms with Crippen molar-refractivity contribution in [3.05, 3.63) is 116 Å². The third-order valence-electron chi connectivity index (χ3n) is 2.76. The van der Waals surface area contributed by atoms with E-state index in [9.17, 15) is 0 Å². The summed E-state index contributed by atoms with van der Waals surface area (Å²) in [7, 11) is 0. The molecule has 116 valence electrons. The Labute approximate surface area is 139 Å². The highest BCUT2D eigenvalue weighted by molar-refractivity contribution is 5.45. The Morgan fingerprint density at radius 1 is 0.565 bits per heavy atom. The van der Waals surface area contributed by atoms with Gasteiger partial charge in [0, 0.05) is 0 Å². The Morgan fingerprint density at radius 3 is 1.22 bits per heavy atom. The van der Waals surface area contributed by atoms with Crippen LogP contribution in [0.4, 0.5) is 0 Å². The third-order valence-corrected chi connectivity index (χ3v) is 2.76. The molecule has 0 unspecified atom stereocenters. The van der Waals surface area contributed by atoms with E-state index >= 15 is 0 Å². The standard InChI is InChI=1S/C12H10O.C8H8.C2H4/c1-3-7-11(8-4-1)13-12-9-5-2-6-10-12;1-2-8-6-4-3-5-7-8;1-2/h1-10H;2-7H,1H2;1-2H2. The lowest BCUT2D eigenvalue weighted by Crippen LogP contribution is -1.81. The second-order valence-electron chi connectivity index (χ2n) is 4.34. The van der Waals surface area contributed by atoms with Crippen molar-refractivity contribution in [1.29, 1.82) is 0 Å². The summed E-state index contributed by atoms with van der Waals surface area (Å²) in [5, 5.41) is 0. The van der Waals surface area contributed by atoms with Gasteiger partial charge in [0.2, 0.25) is 0 Å². The number of ether oxygens (including phenoxy) is 1. The maximum atomic E-state index is 5.58. The molecule has 0 saturated heterocycles. The van der Waals surface area contributed by atoms with Crippen LogP contribution in [-0.4, -0.2) is 0 Å². The number of hydrogen-bond acceptors (Lipinski definition) is 1. The summed E-state index contributed by atoms with van der Waals surface area (Å²) >= 11 is 0. The SMILES string of the molecule is C=C.C=Cc1ccccc1.c1ccc(Oc2ccccc2)cc1. The molecular weight excluding hydrogens is 280 g/mol. The molecule has 0 aliphatic rings. The average Bonchev–Trinajstić information content (AvgIpc) is 2.66.